The molecule has 0 aliphatic rings. The van der Waals surface area contributed by atoms with E-state index in [-0.39, 0.29) is 15.7 Å². The Morgan fingerprint density at radius 1 is 1.19 bits per heavy atom. The molecule has 0 saturated heterocycles. The lowest BCUT2D eigenvalue weighted by atomic mass is 10.2. The van der Waals surface area contributed by atoms with Crippen molar-refractivity contribution in [3.63, 3.8) is 0 Å². The van der Waals surface area contributed by atoms with Crippen molar-refractivity contribution in [2.24, 2.45) is 0 Å². The van der Waals surface area contributed by atoms with Crippen LogP contribution in [0.5, 0.6) is 5.75 Å². The summed E-state index contributed by atoms with van der Waals surface area (Å²) < 4.78 is 34.9. The minimum atomic E-state index is -3.88. The third kappa shape index (κ3) is 4.22. The highest BCUT2D eigenvalue weighted by Crippen LogP contribution is 2.26. The molecular weight excluding hydrogens is 460 g/mol. The summed E-state index contributed by atoms with van der Waals surface area (Å²) in [6, 6.07) is 11.0. The Kier molecular flexibility index (Phi) is 5.61. The molecule has 8 nitrogen and oxygen atoms in total. The predicted molar refractivity (Wildman–Crippen MR) is 121 cm³/mol. The number of methoxy groups -OCH3 is 1. The third-order valence-electron chi connectivity index (χ3n) is 4.54. The van der Waals surface area contributed by atoms with Crippen LogP contribution in [0.15, 0.2) is 58.9 Å². The number of anilines is 2. The molecule has 0 radical (unpaired) electrons. The highest BCUT2D eigenvalue weighted by atomic mass is 35.5. The van der Waals surface area contributed by atoms with Gasteiger partial charge in [-0.15, -0.1) is 11.3 Å². The van der Waals surface area contributed by atoms with Gasteiger partial charge in [-0.05, 0) is 48.9 Å². The first-order valence-corrected chi connectivity index (χ1v) is 11.7. The van der Waals surface area contributed by atoms with Gasteiger partial charge < -0.3 is 10.1 Å². The van der Waals surface area contributed by atoms with Crippen molar-refractivity contribution in [3.8, 4) is 5.75 Å². The Morgan fingerprint density at radius 2 is 1.94 bits per heavy atom. The summed E-state index contributed by atoms with van der Waals surface area (Å²) in [5.41, 5.74) is 1.61. The number of aromatic nitrogens is 2. The van der Waals surface area contributed by atoms with Gasteiger partial charge in [-0.1, -0.05) is 17.7 Å². The summed E-state index contributed by atoms with van der Waals surface area (Å²) >= 11 is 7.47. The van der Waals surface area contributed by atoms with Gasteiger partial charge in [0.1, 0.15) is 5.75 Å². The summed E-state index contributed by atoms with van der Waals surface area (Å²) in [5, 5.41) is 4.60. The first kappa shape index (κ1) is 21.2. The first-order valence-electron chi connectivity index (χ1n) is 8.98. The number of nitrogens with zero attached hydrogens (tertiary/aromatic N) is 2. The summed E-state index contributed by atoms with van der Waals surface area (Å²) in [6.45, 7) is 1.76. The summed E-state index contributed by atoms with van der Waals surface area (Å²) in [4.78, 5) is 17.6. The number of rotatable bonds is 6. The Morgan fingerprint density at radius 3 is 2.65 bits per heavy atom. The van der Waals surface area contributed by atoms with E-state index in [0.29, 0.717) is 27.6 Å². The van der Waals surface area contributed by atoms with Crippen LogP contribution in [0, 0.1) is 6.92 Å². The monoisotopic (exact) mass is 476 g/mol. The van der Waals surface area contributed by atoms with Crippen molar-refractivity contribution in [1.29, 1.82) is 0 Å². The number of thiazole rings is 1. The number of hydrogen-bond donors (Lipinski definition) is 2. The minimum Gasteiger partial charge on any atom is -0.497 e. The SMILES string of the molecule is COc1ccc(NS(=O)(=O)c2ccc(C)c(NC(=O)c3c(Cl)nc4sccn34)c2)cc1. The molecule has 0 bridgehead atoms. The van der Waals surface area contributed by atoms with Crippen LogP contribution in [0.1, 0.15) is 16.1 Å². The van der Waals surface area contributed by atoms with Gasteiger partial charge in [-0.25, -0.2) is 13.4 Å². The molecule has 0 atom stereocenters. The molecular formula is C20H17ClN4O4S2. The first-order chi connectivity index (χ1) is 14.8. The molecule has 1 amide bonds. The lowest BCUT2D eigenvalue weighted by Crippen LogP contribution is -2.17. The fraction of sp³-hybridized carbons (Fsp3) is 0.100. The second-order valence-corrected chi connectivity index (χ2v) is 9.49. The number of carbonyl (C=O) groups excluding carboxylic acids is 1. The van der Waals surface area contributed by atoms with Crippen LogP contribution < -0.4 is 14.8 Å². The Hall–Kier alpha value is -3.08. The summed E-state index contributed by atoms with van der Waals surface area (Å²) in [6.07, 6.45) is 1.69. The Balaban J connectivity index is 1.61. The van der Waals surface area contributed by atoms with Gasteiger partial charge in [0.15, 0.2) is 15.8 Å². The quantitative estimate of drug-likeness (QED) is 0.429. The van der Waals surface area contributed by atoms with Crippen LogP contribution in [0.4, 0.5) is 11.4 Å². The number of carbonyl (C=O) groups is 1. The van der Waals surface area contributed by atoms with E-state index in [1.807, 2.05) is 0 Å². The summed E-state index contributed by atoms with van der Waals surface area (Å²) in [5.74, 6) is 0.123. The average molecular weight is 477 g/mol. The van der Waals surface area contributed by atoms with E-state index < -0.39 is 15.9 Å². The number of ether oxygens (including phenoxy) is 1. The molecule has 2 aromatic carbocycles. The van der Waals surface area contributed by atoms with Crippen LogP contribution >= 0.6 is 22.9 Å². The van der Waals surface area contributed by atoms with Crippen molar-refractivity contribution in [3.05, 3.63) is 70.5 Å². The largest absolute Gasteiger partial charge is 0.497 e. The van der Waals surface area contributed by atoms with Crippen LogP contribution in [0.2, 0.25) is 5.15 Å². The second kappa shape index (κ2) is 8.22. The number of imidazole rings is 1. The lowest BCUT2D eigenvalue weighted by Gasteiger charge is -2.13. The Bertz CT molecular complexity index is 1380. The van der Waals surface area contributed by atoms with E-state index in [4.69, 9.17) is 16.3 Å². The number of nitrogens with one attached hydrogen (secondary N) is 2. The average Bonchev–Trinajstić information content (AvgIpc) is 3.29. The van der Waals surface area contributed by atoms with E-state index >= 15 is 0 Å². The molecule has 2 aromatic heterocycles. The van der Waals surface area contributed by atoms with Gasteiger partial charge >= 0.3 is 0 Å². The standard InChI is InChI=1S/C20H17ClN4O4S2/c1-12-3-8-15(31(27,28)24-13-4-6-14(29-2)7-5-13)11-16(12)22-19(26)17-18(21)23-20-25(17)9-10-30-20/h3-11,24H,1-2H3,(H,22,26). The second-order valence-electron chi connectivity index (χ2n) is 6.57. The fourth-order valence-corrected chi connectivity index (χ4v) is 5.03. The van der Waals surface area contributed by atoms with E-state index in [1.54, 1.807) is 53.2 Å². The lowest BCUT2D eigenvalue weighted by molar-refractivity contribution is 0.102. The highest BCUT2D eigenvalue weighted by molar-refractivity contribution is 7.92. The molecule has 4 rings (SSSR count). The van der Waals surface area contributed by atoms with Crippen molar-refractivity contribution < 1.29 is 17.9 Å². The molecule has 0 aliphatic heterocycles. The maximum Gasteiger partial charge on any atom is 0.275 e. The predicted octanol–water partition coefficient (Wildman–Crippen LogP) is 4.42. The van der Waals surface area contributed by atoms with Gasteiger partial charge in [0, 0.05) is 23.0 Å². The number of amides is 1. The zero-order valence-electron chi connectivity index (χ0n) is 16.4. The molecule has 2 heterocycles. The van der Waals surface area contributed by atoms with Gasteiger partial charge in [0.25, 0.3) is 15.9 Å². The fourth-order valence-electron chi connectivity index (χ4n) is 2.92. The number of aryl methyl sites for hydroxylation is 1. The normalized spacial score (nSPS) is 11.5. The molecule has 0 aliphatic carbocycles. The van der Waals surface area contributed by atoms with Crippen LogP contribution in [0.25, 0.3) is 4.96 Å². The number of fused-ring (bicyclic) bond motifs is 1. The molecule has 0 unspecified atom stereocenters. The van der Waals surface area contributed by atoms with Crippen LogP contribution in [0.3, 0.4) is 0 Å². The molecule has 160 valence electrons. The molecule has 0 fully saturated rings. The molecule has 4 aromatic rings. The summed E-state index contributed by atoms with van der Waals surface area (Å²) in [7, 11) is -2.35. The van der Waals surface area contributed by atoms with E-state index in [0.717, 1.165) is 0 Å². The Labute approximate surface area is 187 Å². The van der Waals surface area contributed by atoms with Crippen LogP contribution in [-0.2, 0) is 10.0 Å². The maximum absolute atomic E-state index is 12.8. The van der Waals surface area contributed by atoms with Crippen molar-refractivity contribution in [2.75, 3.05) is 17.1 Å². The number of hydrogen-bond acceptors (Lipinski definition) is 6. The zero-order valence-corrected chi connectivity index (χ0v) is 18.8. The van der Waals surface area contributed by atoms with E-state index in [2.05, 4.69) is 15.0 Å². The topological polar surface area (TPSA) is 102 Å². The maximum atomic E-state index is 12.8. The van der Waals surface area contributed by atoms with Crippen molar-refractivity contribution >= 4 is 55.2 Å². The highest BCUT2D eigenvalue weighted by Gasteiger charge is 2.21. The third-order valence-corrected chi connectivity index (χ3v) is 6.94. The molecule has 0 spiro atoms. The molecule has 2 N–H and O–H groups in total. The van der Waals surface area contributed by atoms with Gasteiger partial charge in [0.05, 0.1) is 12.0 Å². The van der Waals surface area contributed by atoms with Gasteiger partial charge in [-0.2, -0.15) is 0 Å². The van der Waals surface area contributed by atoms with E-state index in [9.17, 15) is 13.2 Å². The molecule has 31 heavy (non-hydrogen) atoms. The van der Waals surface area contributed by atoms with Crippen molar-refractivity contribution in [2.45, 2.75) is 11.8 Å². The molecule has 0 saturated carbocycles. The van der Waals surface area contributed by atoms with Crippen molar-refractivity contribution in [1.82, 2.24) is 9.38 Å². The smallest absolute Gasteiger partial charge is 0.275 e. The van der Waals surface area contributed by atoms with E-state index in [1.165, 1.54) is 30.6 Å². The molecule has 11 heteroatoms. The number of halogens is 1. The van der Waals surface area contributed by atoms with Gasteiger partial charge in [-0.3, -0.25) is 13.9 Å². The zero-order chi connectivity index (χ0) is 22.2. The van der Waals surface area contributed by atoms with Crippen LogP contribution in [-0.4, -0.2) is 30.8 Å². The minimum absolute atomic E-state index is 0.00396. The number of benzene rings is 2. The number of sulfonamides is 1. The van der Waals surface area contributed by atoms with Gasteiger partial charge in [0.2, 0.25) is 0 Å².